The molecule has 0 aromatic heterocycles. The van der Waals surface area contributed by atoms with Crippen LogP contribution in [0, 0.1) is 17.2 Å². The zero-order chi connectivity index (χ0) is 9.84. The molecule has 1 saturated heterocycles. The maximum atomic E-state index is 11.6. The number of carbonyl (C=O) groups excluding carboxylic acids is 1. The summed E-state index contributed by atoms with van der Waals surface area (Å²) in [5.41, 5.74) is 0. The number of hydrogen-bond acceptors (Lipinski definition) is 3. The highest BCUT2D eigenvalue weighted by Crippen LogP contribution is 2.21. The van der Waals surface area contributed by atoms with Crippen LogP contribution in [0.3, 0.4) is 0 Å². The molecule has 0 saturated carbocycles. The smallest absolute Gasteiger partial charge is 0.252 e. The van der Waals surface area contributed by atoms with Gasteiger partial charge in [-0.05, 0) is 12.3 Å². The Bertz CT molecular complexity index is 234. The summed E-state index contributed by atoms with van der Waals surface area (Å²) >= 11 is 0. The third-order valence-corrected chi connectivity index (χ3v) is 2.31. The first-order valence-corrected chi connectivity index (χ1v) is 4.40. The van der Waals surface area contributed by atoms with Crippen LogP contribution in [0.2, 0.25) is 0 Å². The largest absolute Gasteiger partial charge is 0.368 e. The molecule has 0 radical (unpaired) electrons. The molecule has 4 heteroatoms. The highest BCUT2D eigenvalue weighted by atomic mass is 16.5. The molecule has 13 heavy (non-hydrogen) atoms. The minimum absolute atomic E-state index is 0.0773. The summed E-state index contributed by atoms with van der Waals surface area (Å²) in [6, 6.07) is 1.94. The molecule has 1 aliphatic rings. The lowest BCUT2D eigenvalue weighted by Gasteiger charge is -2.20. The number of likely N-dealkylation sites (N-methyl/N-ethyl adjacent to an activating group) is 1. The van der Waals surface area contributed by atoms with Gasteiger partial charge >= 0.3 is 0 Å². The van der Waals surface area contributed by atoms with Crippen molar-refractivity contribution in [2.24, 2.45) is 5.92 Å². The SMILES string of the molecule is CC1CCOC1C(=O)N(C)CC#N. The van der Waals surface area contributed by atoms with E-state index in [1.54, 1.807) is 7.05 Å². The third-order valence-electron chi connectivity index (χ3n) is 2.31. The summed E-state index contributed by atoms with van der Waals surface area (Å²) in [5.74, 6) is 0.195. The Hall–Kier alpha value is -1.08. The van der Waals surface area contributed by atoms with Gasteiger partial charge in [0.2, 0.25) is 0 Å². The van der Waals surface area contributed by atoms with Crippen molar-refractivity contribution >= 4 is 5.91 Å². The van der Waals surface area contributed by atoms with Crippen molar-refractivity contribution in [3.8, 4) is 6.07 Å². The summed E-state index contributed by atoms with van der Waals surface area (Å²) in [6.45, 7) is 2.78. The van der Waals surface area contributed by atoms with E-state index < -0.39 is 0 Å². The van der Waals surface area contributed by atoms with Crippen LogP contribution in [0.4, 0.5) is 0 Å². The van der Waals surface area contributed by atoms with Gasteiger partial charge in [-0.2, -0.15) is 5.26 Å². The Labute approximate surface area is 78.1 Å². The lowest BCUT2D eigenvalue weighted by molar-refractivity contribution is -0.140. The van der Waals surface area contributed by atoms with Gasteiger partial charge in [0, 0.05) is 13.7 Å². The lowest BCUT2D eigenvalue weighted by atomic mass is 10.0. The van der Waals surface area contributed by atoms with Gasteiger partial charge < -0.3 is 9.64 Å². The highest BCUT2D eigenvalue weighted by Gasteiger charge is 2.32. The van der Waals surface area contributed by atoms with Crippen LogP contribution >= 0.6 is 0 Å². The molecule has 1 fully saturated rings. The third kappa shape index (κ3) is 2.19. The molecule has 0 N–H and O–H groups in total. The second kappa shape index (κ2) is 4.24. The van der Waals surface area contributed by atoms with E-state index in [0.717, 1.165) is 6.42 Å². The first kappa shape index (κ1) is 10.0. The second-order valence-corrected chi connectivity index (χ2v) is 3.41. The fourth-order valence-corrected chi connectivity index (χ4v) is 1.41. The number of carbonyl (C=O) groups is 1. The Kier molecular flexibility index (Phi) is 3.26. The van der Waals surface area contributed by atoms with E-state index in [0.29, 0.717) is 6.61 Å². The van der Waals surface area contributed by atoms with Gasteiger partial charge in [-0.3, -0.25) is 4.79 Å². The number of ether oxygens (including phenoxy) is 1. The van der Waals surface area contributed by atoms with E-state index in [-0.39, 0.29) is 24.5 Å². The number of rotatable bonds is 2. The number of amides is 1. The molecule has 2 unspecified atom stereocenters. The van der Waals surface area contributed by atoms with Crippen molar-refractivity contribution in [3.63, 3.8) is 0 Å². The van der Waals surface area contributed by atoms with Crippen LogP contribution in [0.25, 0.3) is 0 Å². The van der Waals surface area contributed by atoms with Gasteiger partial charge in [0.05, 0.1) is 6.07 Å². The zero-order valence-electron chi connectivity index (χ0n) is 7.99. The van der Waals surface area contributed by atoms with E-state index in [1.165, 1.54) is 4.90 Å². The van der Waals surface area contributed by atoms with Crippen molar-refractivity contribution < 1.29 is 9.53 Å². The molecular formula is C9H14N2O2. The molecule has 2 atom stereocenters. The van der Waals surface area contributed by atoms with Crippen LogP contribution in [0.5, 0.6) is 0 Å². The van der Waals surface area contributed by atoms with Gasteiger partial charge in [-0.1, -0.05) is 6.92 Å². The molecule has 0 spiro atoms. The van der Waals surface area contributed by atoms with Crippen molar-refractivity contribution in [3.05, 3.63) is 0 Å². The highest BCUT2D eigenvalue weighted by molar-refractivity contribution is 5.81. The van der Waals surface area contributed by atoms with Crippen molar-refractivity contribution in [1.82, 2.24) is 4.90 Å². The molecule has 1 aliphatic heterocycles. The Balaban J connectivity index is 2.52. The van der Waals surface area contributed by atoms with Crippen LogP contribution < -0.4 is 0 Å². The number of nitrogens with zero attached hydrogens (tertiary/aromatic N) is 2. The monoisotopic (exact) mass is 182 g/mol. The molecule has 0 aliphatic carbocycles. The molecular weight excluding hydrogens is 168 g/mol. The lowest BCUT2D eigenvalue weighted by Crippen LogP contribution is -2.38. The topological polar surface area (TPSA) is 53.3 Å². The second-order valence-electron chi connectivity index (χ2n) is 3.41. The molecule has 4 nitrogen and oxygen atoms in total. The van der Waals surface area contributed by atoms with Crippen molar-refractivity contribution in [1.29, 1.82) is 5.26 Å². The van der Waals surface area contributed by atoms with Gasteiger partial charge in [-0.25, -0.2) is 0 Å². The molecule has 72 valence electrons. The molecule has 1 rings (SSSR count). The average molecular weight is 182 g/mol. The van der Waals surface area contributed by atoms with Gasteiger partial charge in [0.25, 0.3) is 5.91 Å². The predicted molar refractivity (Wildman–Crippen MR) is 46.8 cm³/mol. The molecule has 0 bridgehead atoms. The van der Waals surface area contributed by atoms with E-state index >= 15 is 0 Å². The molecule has 0 aromatic rings. The fourth-order valence-electron chi connectivity index (χ4n) is 1.41. The Morgan fingerprint density at radius 2 is 2.46 bits per heavy atom. The van der Waals surface area contributed by atoms with Gasteiger partial charge in [0.1, 0.15) is 12.6 Å². The van der Waals surface area contributed by atoms with Gasteiger partial charge in [0.15, 0.2) is 0 Å². The van der Waals surface area contributed by atoms with E-state index in [2.05, 4.69) is 0 Å². The summed E-state index contributed by atoms with van der Waals surface area (Å²) in [5, 5.41) is 8.41. The van der Waals surface area contributed by atoms with Gasteiger partial charge in [-0.15, -0.1) is 0 Å². The molecule has 0 aromatic carbocycles. The van der Waals surface area contributed by atoms with Crippen LogP contribution in [-0.4, -0.2) is 37.1 Å². The summed E-state index contributed by atoms with van der Waals surface area (Å²) in [6.07, 6.45) is 0.593. The Morgan fingerprint density at radius 3 is 2.92 bits per heavy atom. The molecule has 1 amide bonds. The van der Waals surface area contributed by atoms with Crippen LogP contribution in [0.1, 0.15) is 13.3 Å². The molecule has 1 heterocycles. The van der Waals surface area contributed by atoms with E-state index in [1.807, 2.05) is 13.0 Å². The van der Waals surface area contributed by atoms with E-state index in [4.69, 9.17) is 10.00 Å². The van der Waals surface area contributed by atoms with E-state index in [9.17, 15) is 4.79 Å². The maximum Gasteiger partial charge on any atom is 0.252 e. The number of nitriles is 1. The minimum Gasteiger partial charge on any atom is -0.368 e. The summed E-state index contributed by atoms with van der Waals surface area (Å²) in [4.78, 5) is 13.0. The first-order valence-electron chi connectivity index (χ1n) is 4.40. The van der Waals surface area contributed by atoms with Crippen LogP contribution in [-0.2, 0) is 9.53 Å². The Morgan fingerprint density at radius 1 is 1.77 bits per heavy atom. The van der Waals surface area contributed by atoms with Crippen molar-refractivity contribution in [2.45, 2.75) is 19.4 Å². The minimum atomic E-state index is -0.335. The summed E-state index contributed by atoms with van der Waals surface area (Å²) < 4.78 is 5.29. The quantitative estimate of drug-likeness (QED) is 0.580. The summed E-state index contributed by atoms with van der Waals surface area (Å²) in [7, 11) is 1.62. The predicted octanol–water partition coefficient (Wildman–Crippen LogP) is 0.393. The first-order chi connectivity index (χ1) is 6.16. The van der Waals surface area contributed by atoms with Crippen molar-refractivity contribution in [2.75, 3.05) is 20.2 Å². The normalized spacial score (nSPS) is 26.8. The zero-order valence-corrected chi connectivity index (χ0v) is 7.99. The maximum absolute atomic E-state index is 11.6. The number of hydrogen-bond donors (Lipinski definition) is 0. The van der Waals surface area contributed by atoms with Crippen LogP contribution in [0.15, 0.2) is 0 Å². The average Bonchev–Trinajstić information content (AvgIpc) is 2.50. The standard InChI is InChI=1S/C9H14N2O2/c1-7-3-6-13-8(7)9(12)11(2)5-4-10/h7-8H,3,5-6H2,1-2H3. The fraction of sp³-hybridized carbons (Fsp3) is 0.778.